The zero-order valence-electron chi connectivity index (χ0n) is 15.2. The standard InChI is InChI=1S/C20H25N3OS/c1-5-14(2)13-21-16-10-8-11-17(15(16)3)22-20(25)23-18-9-6-7-12-19(18)24-4/h6-14H,5H2,1-4H3,(H2,22,23,25). The van der Waals surface area contributed by atoms with E-state index in [4.69, 9.17) is 17.0 Å². The summed E-state index contributed by atoms with van der Waals surface area (Å²) in [6.45, 7) is 6.36. The van der Waals surface area contributed by atoms with Crippen molar-refractivity contribution in [2.75, 3.05) is 17.7 Å². The minimum atomic E-state index is 0.462. The van der Waals surface area contributed by atoms with Crippen LogP contribution in [0.25, 0.3) is 0 Å². The predicted octanol–water partition coefficient (Wildman–Crippen LogP) is 5.56. The van der Waals surface area contributed by atoms with Crippen molar-refractivity contribution in [2.45, 2.75) is 27.2 Å². The van der Waals surface area contributed by atoms with Gasteiger partial charge in [0, 0.05) is 11.9 Å². The molecular formula is C20H25N3OS. The number of ether oxygens (including phenoxy) is 1. The molecule has 0 heterocycles. The van der Waals surface area contributed by atoms with Crippen molar-refractivity contribution in [2.24, 2.45) is 10.9 Å². The van der Waals surface area contributed by atoms with Crippen molar-refractivity contribution in [1.82, 2.24) is 0 Å². The van der Waals surface area contributed by atoms with Crippen LogP contribution in [-0.2, 0) is 0 Å². The Morgan fingerprint density at radius 2 is 1.84 bits per heavy atom. The van der Waals surface area contributed by atoms with E-state index < -0.39 is 0 Å². The van der Waals surface area contributed by atoms with Gasteiger partial charge in [0.15, 0.2) is 5.11 Å². The van der Waals surface area contributed by atoms with Crippen LogP contribution < -0.4 is 15.4 Å². The van der Waals surface area contributed by atoms with Gasteiger partial charge in [0.2, 0.25) is 0 Å². The molecule has 5 heteroatoms. The van der Waals surface area contributed by atoms with Crippen LogP contribution >= 0.6 is 12.2 Å². The molecule has 2 rings (SSSR count). The smallest absolute Gasteiger partial charge is 0.175 e. The normalized spacial score (nSPS) is 12.0. The number of nitrogens with zero attached hydrogens (tertiary/aromatic N) is 1. The number of hydrogen-bond donors (Lipinski definition) is 2. The molecule has 2 N–H and O–H groups in total. The summed E-state index contributed by atoms with van der Waals surface area (Å²) in [6, 6.07) is 13.6. The van der Waals surface area contributed by atoms with Crippen LogP contribution in [0.15, 0.2) is 47.5 Å². The molecule has 0 saturated carbocycles. The predicted molar refractivity (Wildman–Crippen MR) is 112 cm³/mol. The molecule has 132 valence electrons. The minimum absolute atomic E-state index is 0.462. The SMILES string of the molecule is CCC(C)C=Nc1cccc(NC(=S)Nc2ccccc2OC)c1C. The molecule has 25 heavy (non-hydrogen) atoms. The van der Waals surface area contributed by atoms with Crippen LogP contribution in [-0.4, -0.2) is 18.4 Å². The molecule has 0 saturated heterocycles. The first-order valence-corrected chi connectivity index (χ1v) is 8.80. The lowest BCUT2D eigenvalue weighted by atomic mass is 10.1. The lowest BCUT2D eigenvalue weighted by Gasteiger charge is -2.15. The summed E-state index contributed by atoms with van der Waals surface area (Å²) >= 11 is 5.44. The molecular weight excluding hydrogens is 330 g/mol. The van der Waals surface area contributed by atoms with E-state index in [-0.39, 0.29) is 0 Å². The summed E-state index contributed by atoms with van der Waals surface area (Å²) in [5, 5.41) is 6.93. The molecule has 2 aromatic carbocycles. The molecule has 0 aliphatic heterocycles. The monoisotopic (exact) mass is 355 g/mol. The third-order valence-corrected chi connectivity index (χ3v) is 4.22. The van der Waals surface area contributed by atoms with E-state index in [1.54, 1.807) is 7.11 Å². The number of anilines is 2. The number of hydrogen-bond acceptors (Lipinski definition) is 3. The van der Waals surface area contributed by atoms with Gasteiger partial charge >= 0.3 is 0 Å². The maximum atomic E-state index is 5.44. The van der Waals surface area contributed by atoms with Crippen LogP contribution in [0.3, 0.4) is 0 Å². The second kappa shape index (κ2) is 9.18. The van der Waals surface area contributed by atoms with Gasteiger partial charge in [-0.1, -0.05) is 32.0 Å². The average Bonchev–Trinajstić information content (AvgIpc) is 2.62. The van der Waals surface area contributed by atoms with E-state index in [2.05, 4.69) is 29.5 Å². The van der Waals surface area contributed by atoms with E-state index in [9.17, 15) is 0 Å². The van der Waals surface area contributed by atoms with Crippen molar-refractivity contribution in [3.05, 3.63) is 48.0 Å². The van der Waals surface area contributed by atoms with Crippen LogP contribution in [0.4, 0.5) is 17.1 Å². The molecule has 1 unspecified atom stereocenters. The Balaban J connectivity index is 2.12. The van der Waals surface area contributed by atoms with Gasteiger partial charge < -0.3 is 15.4 Å². The Morgan fingerprint density at radius 3 is 2.56 bits per heavy atom. The Kier molecular flexibility index (Phi) is 6.95. The lowest BCUT2D eigenvalue weighted by Crippen LogP contribution is -2.20. The Morgan fingerprint density at radius 1 is 1.16 bits per heavy atom. The van der Waals surface area contributed by atoms with Crippen molar-refractivity contribution in [3.8, 4) is 5.75 Å². The maximum Gasteiger partial charge on any atom is 0.175 e. The summed E-state index contributed by atoms with van der Waals surface area (Å²) in [4.78, 5) is 4.61. The molecule has 0 radical (unpaired) electrons. The Hall–Kier alpha value is -2.40. The van der Waals surface area contributed by atoms with Gasteiger partial charge in [-0.05, 0) is 61.3 Å². The fraction of sp³-hybridized carbons (Fsp3) is 0.300. The minimum Gasteiger partial charge on any atom is -0.495 e. The average molecular weight is 356 g/mol. The topological polar surface area (TPSA) is 45.7 Å². The van der Waals surface area contributed by atoms with Crippen molar-refractivity contribution < 1.29 is 4.74 Å². The van der Waals surface area contributed by atoms with Gasteiger partial charge in [0.05, 0.1) is 18.5 Å². The highest BCUT2D eigenvalue weighted by Crippen LogP contribution is 2.27. The van der Waals surface area contributed by atoms with E-state index in [0.29, 0.717) is 11.0 Å². The van der Waals surface area contributed by atoms with Crippen molar-refractivity contribution >= 4 is 40.6 Å². The highest BCUT2D eigenvalue weighted by atomic mass is 32.1. The number of rotatable bonds is 6. The van der Waals surface area contributed by atoms with Gasteiger partial charge in [-0.3, -0.25) is 4.99 Å². The quantitative estimate of drug-likeness (QED) is 0.526. The van der Waals surface area contributed by atoms with Gasteiger partial charge in [-0.2, -0.15) is 0 Å². The van der Waals surface area contributed by atoms with E-state index >= 15 is 0 Å². The highest BCUT2D eigenvalue weighted by molar-refractivity contribution is 7.80. The number of nitrogens with one attached hydrogen (secondary N) is 2. The van der Waals surface area contributed by atoms with Crippen molar-refractivity contribution in [3.63, 3.8) is 0 Å². The van der Waals surface area contributed by atoms with Crippen LogP contribution in [0, 0.1) is 12.8 Å². The summed E-state index contributed by atoms with van der Waals surface area (Å²) in [5.74, 6) is 1.21. The van der Waals surface area contributed by atoms with Crippen LogP contribution in [0.1, 0.15) is 25.8 Å². The largest absolute Gasteiger partial charge is 0.495 e. The molecule has 4 nitrogen and oxygen atoms in total. The third kappa shape index (κ3) is 5.29. The van der Waals surface area contributed by atoms with Gasteiger partial charge in [-0.15, -0.1) is 0 Å². The van der Waals surface area contributed by atoms with Gasteiger partial charge in [-0.25, -0.2) is 0 Å². The van der Waals surface area contributed by atoms with Gasteiger partial charge in [0.1, 0.15) is 5.75 Å². The van der Waals surface area contributed by atoms with Crippen LogP contribution in [0.2, 0.25) is 0 Å². The number of aliphatic imine (C=N–C) groups is 1. The summed E-state index contributed by atoms with van der Waals surface area (Å²) in [5.41, 5.74) is 3.77. The first-order valence-electron chi connectivity index (χ1n) is 8.40. The molecule has 0 aliphatic rings. The molecule has 1 atom stereocenters. The highest BCUT2D eigenvalue weighted by Gasteiger charge is 2.07. The molecule has 0 aliphatic carbocycles. The molecule has 0 spiro atoms. The van der Waals surface area contributed by atoms with E-state index in [0.717, 1.165) is 34.8 Å². The fourth-order valence-electron chi connectivity index (χ4n) is 2.24. The number of thiocarbonyl (C=S) groups is 1. The fourth-order valence-corrected chi connectivity index (χ4v) is 2.46. The summed E-state index contributed by atoms with van der Waals surface area (Å²) < 4.78 is 5.34. The zero-order valence-corrected chi connectivity index (χ0v) is 16.0. The second-order valence-electron chi connectivity index (χ2n) is 5.89. The number of para-hydroxylation sites is 2. The van der Waals surface area contributed by atoms with Crippen LogP contribution in [0.5, 0.6) is 5.75 Å². The van der Waals surface area contributed by atoms with Gasteiger partial charge in [0.25, 0.3) is 0 Å². The Bertz CT molecular complexity index is 758. The molecule has 0 amide bonds. The first kappa shape index (κ1) is 18.9. The number of benzene rings is 2. The maximum absolute atomic E-state index is 5.44. The molecule has 0 bridgehead atoms. The second-order valence-corrected chi connectivity index (χ2v) is 6.30. The van der Waals surface area contributed by atoms with Crippen molar-refractivity contribution in [1.29, 1.82) is 0 Å². The lowest BCUT2D eigenvalue weighted by molar-refractivity contribution is 0.417. The molecule has 0 aromatic heterocycles. The van der Waals surface area contributed by atoms with E-state index in [1.165, 1.54) is 0 Å². The summed E-state index contributed by atoms with van der Waals surface area (Å²) in [7, 11) is 1.64. The molecule has 2 aromatic rings. The zero-order chi connectivity index (χ0) is 18.2. The van der Waals surface area contributed by atoms with E-state index in [1.807, 2.05) is 55.6 Å². The first-order chi connectivity index (χ1) is 12.0. The summed E-state index contributed by atoms with van der Waals surface area (Å²) in [6.07, 6.45) is 3.07. The Labute approximate surface area is 155 Å². The third-order valence-electron chi connectivity index (χ3n) is 4.02. The molecule has 0 fully saturated rings. The number of methoxy groups -OCH3 is 1.